The molecule has 0 radical (unpaired) electrons. The monoisotopic (exact) mass is 755 g/mol. The summed E-state index contributed by atoms with van der Waals surface area (Å²) in [4.78, 5) is 33.4. The van der Waals surface area contributed by atoms with E-state index < -0.39 is 13.5 Å². The minimum Gasteiger partial charge on any atom is -0.423 e. The number of halogens is 3. The van der Waals surface area contributed by atoms with Gasteiger partial charge < -0.3 is 49.7 Å². The van der Waals surface area contributed by atoms with Crippen molar-refractivity contribution in [3.63, 3.8) is 0 Å². The summed E-state index contributed by atoms with van der Waals surface area (Å²) in [6, 6.07) is 18.4. The van der Waals surface area contributed by atoms with Gasteiger partial charge in [-0.3, -0.25) is 9.59 Å². The Labute approximate surface area is 310 Å². The summed E-state index contributed by atoms with van der Waals surface area (Å²) in [6.07, 6.45) is -3.44. The number of carbonyl (C=O) groups is 2. The van der Waals surface area contributed by atoms with Gasteiger partial charge in [0, 0.05) is 41.5 Å². The van der Waals surface area contributed by atoms with Crippen molar-refractivity contribution in [3.05, 3.63) is 95.8 Å². The summed E-state index contributed by atoms with van der Waals surface area (Å²) in [5, 5.41) is 27.1. The Morgan fingerprint density at radius 2 is 1.30 bits per heavy atom. The fourth-order valence-corrected chi connectivity index (χ4v) is 4.84. The lowest BCUT2D eigenvalue weighted by Crippen LogP contribution is -2.33. The average Bonchev–Trinajstić information content (AvgIpc) is 3.14. The Morgan fingerprint density at radius 1 is 0.722 bits per heavy atom. The first-order valence-electron chi connectivity index (χ1n) is 16.9. The Kier molecular flexibility index (Phi) is 16.6. The number of alkyl halides is 3. The molecule has 18 heteroatoms. The lowest BCUT2D eigenvalue weighted by molar-refractivity contribution is -0.274. The van der Waals surface area contributed by atoms with E-state index in [-0.39, 0.29) is 30.7 Å². The molecule has 0 atom stereocenters. The maximum atomic E-state index is 12.7. The number of nitrogens with one attached hydrogen (secondary N) is 3. The smallest absolute Gasteiger partial charge is 0.423 e. The number of aromatic nitrogens is 2. The number of aryl methyl sites for hydroxylation is 1. The van der Waals surface area contributed by atoms with Crippen LogP contribution in [0.3, 0.4) is 0 Å². The molecule has 0 aliphatic rings. The van der Waals surface area contributed by atoms with E-state index in [2.05, 4.69) is 30.7 Å². The third-order valence-corrected chi connectivity index (χ3v) is 7.44. The summed E-state index contributed by atoms with van der Waals surface area (Å²) < 4.78 is 63.0. The zero-order chi connectivity index (χ0) is 38.8. The van der Waals surface area contributed by atoms with Gasteiger partial charge >= 0.3 is 13.5 Å². The topological polar surface area (TPSA) is 183 Å². The molecule has 0 fully saturated rings. The zero-order valence-corrected chi connectivity index (χ0v) is 29.4. The van der Waals surface area contributed by atoms with Crippen LogP contribution in [0.4, 0.5) is 24.7 Å². The largest absolute Gasteiger partial charge is 0.573 e. The SMILES string of the molecule is Cc1cc(C(=O)NCCOCCOCCOCCOCCNC(=O)c2cccc(-c3cc(Nc4ccc(OC(F)(F)F)cc4)ncn3)c2)ccc1B(O)O. The van der Waals surface area contributed by atoms with Crippen molar-refractivity contribution in [2.75, 3.05) is 71.3 Å². The first-order chi connectivity index (χ1) is 26.0. The van der Waals surface area contributed by atoms with E-state index in [9.17, 15) is 32.8 Å². The Bertz CT molecular complexity index is 1790. The number of amides is 2. The maximum absolute atomic E-state index is 12.7. The number of hydrogen-bond donors (Lipinski definition) is 5. The molecule has 1 aromatic heterocycles. The summed E-state index contributed by atoms with van der Waals surface area (Å²) in [6.45, 7) is 5.03. The number of ether oxygens (including phenoxy) is 5. The number of hydrogen-bond acceptors (Lipinski definition) is 12. The second-order valence-electron chi connectivity index (χ2n) is 11.5. The van der Waals surface area contributed by atoms with Crippen LogP contribution in [0, 0.1) is 6.92 Å². The lowest BCUT2D eigenvalue weighted by atomic mass is 9.77. The van der Waals surface area contributed by atoms with Crippen LogP contribution < -0.4 is 26.2 Å². The van der Waals surface area contributed by atoms with Gasteiger partial charge in [0.15, 0.2) is 0 Å². The number of nitrogens with zero attached hydrogens (tertiary/aromatic N) is 2. The van der Waals surface area contributed by atoms with Gasteiger partial charge in [-0.05, 0) is 60.9 Å². The molecule has 2 amide bonds. The average molecular weight is 756 g/mol. The zero-order valence-electron chi connectivity index (χ0n) is 29.4. The van der Waals surface area contributed by atoms with Gasteiger partial charge in [0.2, 0.25) is 0 Å². The summed E-state index contributed by atoms with van der Waals surface area (Å²) in [5.41, 5.74) is 3.47. The third kappa shape index (κ3) is 14.7. The van der Waals surface area contributed by atoms with Crippen molar-refractivity contribution < 1.29 is 56.5 Å². The van der Waals surface area contributed by atoms with Crippen LogP contribution >= 0.6 is 0 Å². The molecule has 0 bridgehead atoms. The fraction of sp³-hybridized carbons (Fsp3) is 0.333. The molecule has 0 unspecified atom stereocenters. The molecule has 0 saturated carbocycles. The van der Waals surface area contributed by atoms with Crippen LogP contribution in [0.2, 0.25) is 0 Å². The van der Waals surface area contributed by atoms with E-state index in [4.69, 9.17) is 18.9 Å². The predicted molar refractivity (Wildman–Crippen MR) is 193 cm³/mol. The molecule has 4 aromatic rings. The van der Waals surface area contributed by atoms with Crippen molar-refractivity contribution >= 4 is 35.9 Å². The maximum Gasteiger partial charge on any atom is 0.573 e. The van der Waals surface area contributed by atoms with E-state index in [1.165, 1.54) is 42.7 Å². The summed E-state index contributed by atoms with van der Waals surface area (Å²) >= 11 is 0. The standard InChI is InChI=1S/C36H41BF3N5O9/c1-25-21-28(5-10-31(25)37(48)49)35(47)42-12-14-51-16-18-53-20-19-52-17-15-50-13-11-41-34(46)27-4-2-3-26(22-27)32-23-33(44-24-43-32)45-29-6-8-30(9-7-29)54-36(38,39)40/h2-10,21-24,48-49H,11-20H2,1H3,(H,41,46)(H,42,47)(H,43,44,45). The Morgan fingerprint density at radius 3 is 1.85 bits per heavy atom. The van der Waals surface area contributed by atoms with Crippen LogP contribution in [0.1, 0.15) is 26.3 Å². The quantitative estimate of drug-likeness (QED) is 0.0585. The van der Waals surface area contributed by atoms with Crippen LogP contribution in [0.5, 0.6) is 5.75 Å². The van der Waals surface area contributed by atoms with Gasteiger partial charge in [0.1, 0.15) is 17.9 Å². The molecule has 14 nitrogen and oxygen atoms in total. The Balaban J connectivity index is 1.01. The first kappa shape index (κ1) is 41.6. The molecule has 0 spiro atoms. The molecule has 4 rings (SSSR count). The summed E-state index contributed by atoms with van der Waals surface area (Å²) in [7, 11) is -1.59. The molecule has 3 aromatic carbocycles. The van der Waals surface area contributed by atoms with Gasteiger partial charge in [-0.25, -0.2) is 9.97 Å². The van der Waals surface area contributed by atoms with Crippen LogP contribution in [-0.4, -0.2) is 111 Å². The molecule has 54 heavy (non-hydrogen) atoms. The Hall–Kier alpha value is -5.11. The van der Waals surface area contributed by atoms with Gasteiger partial charge in [0.05, 0.1) is 58.5 Å². The molecule has 0 aliphatic carbocycles. The van der Waals surface area contributed by atoms with Gasteiger partial charge in [0.25, 0.3) is 11.8 Å². The number of carbonyl (C=O) groups excluding carboxylic acids is 2. The van der Waals surface area contributed by atoms with Crippen molar-refractivity contribution in [2.24, 2.45) is 0 Å². The third-order valence-electron chi connectivity index (χ3n) is 7.44. The van der Waals surface area contributed by atoms with Crippen molar-refractivity contribution in [2.45, 2.75) is 13.3 Å². The number of benzene rings is 3. The molecule has 0 aliphatic heterocycles. The second-order valence-corrected chi connectivity index (χ2v) is 11.5. The first-order valence-corrected chi connectivity index (χ1v) is 16.9. The predicted octanol–water partition coefficient (Wildman–Crippen LogP) is 3.00. The van der Waals surface area contributed by atoms with E-state index >= 15 is 0 Å². The van der Waals surface area contributed by atoms with Crippen LogP contribution in [-0.2, 0) is 18.9 Å². The van der Waals surface area contributed by atoms with Gasteiger partial charge in [-0.15, -0.1) is 13.2 Å². The number of rotatable bonds is 22. The highest BCUT2D eigenvalue weighted by Gasteiger charge is 2.31. The molecule has 5 N–H and O–H groups in total. The molecule has 1 heterocycles. The fourth-order valence-electron chi connectivity index (χ4n) is 4.84. The van der Waals surface area contributed by atoms with Crippen LogP contribution in [0.25, 0.3) is 11.3 Å². The van der Waals surface area contributed by atoms with E-state index in [1.54, 1.807) is 43.3 Å². The van der Waals surface area contributed by atoms with E-state index in [0.717, 1.165) is 0 Å². The van der Waals surface area contributed by atoms with Gasteiger partial charge in [-0.1, -0.05) is 23.8 Å². The minimum atomic E-state index is -4.78. The second kappa shape index (κ2) is 21.6. The summed E-state index contributed by atoms with van der Waals surface area (Å²) in [5.74, 6) is -0.516. The molecular formula is C36H41BF3N5O9. The van der Waals surface area contributed by atoms with Crippen molar-refractivity contribution in [1.82, 2.24) is 20.6 Å². The highest BCUT2D eigenvalue weighted by molar-refractivity contribution is 6.59. The normalized spacial score (nSPS) is 11.2. The highest BCUT2D eigenvalue weighted by Crippen LogP contribution is 2.26. The molecule has 0 saturated heterocycles. The van der Waals surface area contributed by atoms with E-state index in [1.807, 2.05) is 0 Å². The minimum absolute atomic E-state index is 0.283. The molecule has 288 valence electrons. The number of anilines is 2. The van der Waals surface area contributed by atoms with Crippen molar-refractivity contribution in [1.29, 1.82) is 0 Å². The lowest BCUT2D eigenvalue weighted by Gasteiger charge is -2.11. The van der Waals surface area contributed by atoms with E-state index in [0.29, 0.717) is 97.7 Å². The molecular weight excluding hydrogens is 714 g/mol. The van der Waals surface area contributed by atoms with Crippen molar-refractivity contribution in [3.8, 4) is 17.0 Å². The highest BCUT2D eigenvalue weighted by atomic mass is 19.4. The van der Waals surface area contributed by atoms with Gasteiger partial charge in [-0.2, -0.15) is 0 Å². The van der Waals surface area contributed by atoms with Crippen LogP contribution in [0.15, 0.2) is 79.1 Å².